The highest BCUT2D eigenvalue weighted by Gasteiger charge is 2.36. The molecule has 1 aromatic rings. The maximum absolute atomic E-state index is 12.7. The molecule has 1 fully saturated rings. The average Bonchev–Trinajstić information content (AvgIpc) is 2.85. The van der Waals surface area contributed by atoms with Gasteiger partial charge in [-0.1, -0.05) is 0 Å². The summed E-state index contributed by atoms with van der Waals surface area (Å²) < 4.78 is 17.6. The van der Waals surface area contributed by atoms with Crippen LogP contribution in [0.2, 0.25) is 0 Å². The van der Waals surface area contributed by atoms with Crippen molar-refractivity contribution in [3.63, 3.8) is 0 Å². The Morgan fingerprint density at radius 2 is 2.09 bits per heavy atom. The summed E-state index contributed by atoms with van der Waals surface area (Å²) in [5, 5.41) is 26.2. The summed E-state index contributed by atoms with van der Waals surface area (Å²) in [5.74, 6) is 0.439. The van der Waals surface area contributed by atoms with E-state index in [2.05, 4.69) is 15.5 Å². The number of amides is 1. The van der Waals surface area contributed by atoms with Gasteiger partial charge in [0.05, 0.1) is 30.5 Å². The lowest BCUT2D eigenvalue weighted by molar-refractivity contribution is -0.118. The standard InChI is InChI=1S/C23H32IN3O7/c1-32-20-11-15(14-29)10-17(24)22(20)34-19-13-16(23(31)26-3-7-28)12-18(21(19)30)25-2-4-27-5-8-33-9-6-27/h10-11,13-14,18-19,21,25,28,30H,2-9,12H2,1H3,(H,26,31). The van der Waals surface area contributed by atoms with Gasteiger partial charge in [-0.15, -0.1) is 0 Å². The van der Waals surface area contributed by atoms with Crippen molar-refractivity contribution in [2.45, 2.75) is 24.7 Å². The SMILES string of the molecule is COc1cc(C=O)cc(I)c1OC1C=C(C(=O)NCCO)CC(NCCN2CCOCC2)C1O. The molecule has 11 heteroatoms. The Kier molecular flexibility index (Phi) is 10.5. The minimum Gasteiger partial charge on any atom is -0.493 e. The van der Waals surface area contributed by atoms with Gasteiger partial charge in [0, 0.05) is 49.9 Å². The Morgan fingerprint density at radius 1 is 1.32 bits per heavy atom. The Hall–Kier alpha value is -1.77. The van der Waals surface area contributed by atoms with Gasteiger partial charge in [-0.2, -0.15) is 0 Å². The van der Waals surface area contributed by atoms with Crippen molar-refractivity contribution in [2.75, 3.05) is 59.7 Å². The van der Waals surface area contributed by atoms with Crippen LogP contribution in [0.5, 0.6) is 11.5 Å². The van der Waals surface area contributed by atoms with Crippen molar-refractivity contribution in [3.8, 4) is 11.5 Å². The second-order valence-electron chi connectivity index (χ2n) is 8.12. The highest BCUT2D eigenvalue weighted by Crippen LogP contribution is 2.36. The Bertz CT molecular complexity index is 876. The third kappa shape index (κ3) is 7.12. The van der Waals surface area contributed by atoms with Crippen LogP contribution < -0.4 is 20.1 Å². The van der Waals surface area contributed by atoms with Crippen LogP contribution in [0.3, 0.4) is 0 Å². The maximum atomic E-state index is 12.7. The van der Waals surface area contributed by atoms with E-state index in [-0.39, 0.29) is 19.1 Å². The molecule has 10 nitrogen and oxygen atoms in total. The van der Waals surface area contributed by atoms with Crippen LogP contribution in [0.25, 0.3) is 0 Å². The van der Waals surface area contributed by atoms with Gasteiger partial charge in [-0.25, -0.2) is 0 Å². The van der Waals surface area contributed by atoms with Crippen LogP contribution in [0.15, 0.2) is 23.8 Å². The average molecular weight is 589 g/mol. The lowest BCUT2D eigenvalue weighted by atomic mass is 9.89. The normalized spacial score (nSPS) is 23.2. The molecule has 1 aliphatic carbocycles. The van der Waals surface area contributed by atoms with Crippen molar-refractivity contribution >= 4 is 34.8 Å². The number of nitrogens with zero attached hydrogens (tertiary/aromatic N) is 1. The number of aldehydes is 1. The summed E-state index contributed by atoms with van der Waals surface area (Å²) in [6.07, 6.45) is 0.904. The van der Waals surface area contributed by atoms with Crippen molar-refractivity contribution in [3.05, 3.63) is 32.9 Å². The van der Waals surface area contributed by atoms with E-state index in [9.17, 15) is 14.7 Å². The van der Waals surface area contributed by atoms with E-state index >= 15 is 0 Å². The monoisotopic (exact) mass is 589 g/mol. The summed E-state index contributed by atoms with van der Waals surface area (Å²) in [4.78, 5) is 26.2. The number of halogens is 1. The van der Waals surface area contributed by atoms with Gasteiger partial charge in [-0.05, 0) is 47.2 Å². The van der Waals surface area contributed by atoms with E-state index in [1.807, 2.05) is 22.6 Å². The Labute approximate surface area is 212 Å². The predicted octanol–water partition coefficient (Wildman–Crippen LogP) is -0.0504. The molecule has 188 valence electrons. The molecule has 1 amide bonds. The van der Waals surface area contributed by atoms with Crippen LogP contribution in [0, 0.1) is 3.57 Å². The summed E-state index contributed by atoms with van der Waals surface area (Å²) in [5.41, 5.74) is 0.908. The number of carbonyl (C=O) groups is 2. The fourth-order valence-corrected chi connectivity index (χ4v) is 4.74. The number of aliphatic hydroxyl groups excluding tert-OH is 2. The first-order valence-electron chi connectivity index (χ1n) is 11.3. The third-order valence-electron chi connectivity index (χ3n) is 5.82. The minimum absolute atomic E-state index is 0.137. The zero-order valence-corrected chi connectivity index (χ0v) is 21.3. The molecule has 3 atom stereocenters. The number of hydrogen-bond acceptors (Lipinski definition) is 9. The fourth-order valence-electron chi connectivity index (χ4n) is 3.99. The van der Waals surface area contributed by atoms with Crippen molar-refractivity contribution in [1.29, 1.82) is 0 Å². The molecular formula is C23H32IN3O7. The zero-order chi connectivity index (χ0) is 24.5. The van der Waals surface area contributed by atoms with Gasteiger partial charge in [0.2, 0.25) is 5.91 Å². The molecule has 0 spiro atoms. The smallest absolute Gasteiger partial charge is 0.247 e. The van der Waals surface area contributed by atoms with Gasteiger partial charge in [-0.3, -0.25) is 14.5 Å². The molecule has 0 radical (unpaired) electrons. The molecule has 2 aliphatic rings. The zero-order valence-electron chi connectivity index (χ0n) is 19.2. The molecule has 1 aliphatic heterocycles. The lowest BCUT2D eigenvalue weighted by Gasteiger charge is -2.35. The van der Waals surface area contributed by atoms with Crippen LogP contribution in [0.4, 0.5) is 0 Å². The molecule has 3 unspecified atom stereocenters. The first kappa shape index (κ1) is 26.8. The first-order chi connectivity index (χ1) is 16.5. The van der Waals surface area contributed by atoms with Gasteiger partial charge in [0.1, 0.15) is 18.5 Å². The number of carbonyl (C=O) groups excluding carboxylic acids is 2. The quantitative estimate of drug-likeness (QED) is 0.208. The largest absolute Gasteiger partial charge is 0.493 e. The highest BCUT2D eigenvalue weighted by atomic mass is 127. The van der Waals surface area contributed by atoms with E-state index in [1.165, 1.54) is 7.11 Å². The number of benzene rings is 1. The highest BCUT2D eigenvalue weighted by molar-refractivity contribution is 14.1. The van der Waals surface area contributed by atoms with Gasteiger partial charge >= 0.3 is 0 Å². The van der Waals surface area contributed by atoms with E-state index < -0.39 is 18.2 Å². The van der Waals surface area contributed by atoms with Crippen LogP contribution in [0.1, 0.15) is 16.8 Å². The number of methoxy groups -OCH3 is 1. The van der Waals surface area contributed by atoms with Crippen molar-refractivity contribution in [2.24, 2.45) is 0 Å². The van der Waals surface area contributed by atoms with Crippen LogP contribution >= 0.6 is 22.6 Å². The number of hydrogen-bond donors (Lipinski definition) is 4. The molecule has 3 rings (SSSR count). The van der Waals surface area contributed by atoms with Gasteiger partial charge < -0.3 is 35.1 Å². The minimum atomic E-state index is -0.926. The molecule has 0 aromatic heterocycles. The Morgan fingerprint density at radius 3 is 2.76 bits per heavy atom. The van der Waals surface area contributed by atoms with Crippen molar-refractivity contribution in [1.82, 2.24) is 15.5 Å². The topological polar surface area (TPSA) is 130 Å². The van der Waals surface area contributed by atoms with E-state index in [1.54, 1.807) is 18.2 Å². The molecular weight excluding hydrogens is 557 g/mol. The van der Waals surface area contributed by atoms with Gasteiger partial charge in [0.15, 0.2) is 11.5 Å². The number of aliphatic hydroxyl groups is 2. The number of ether oxygens (including phenoxy) is 3. The predicted molar refractivity (Wildman–Crippen MR) is 133 cm³/mol. The summed E-state index contributed by atoms with van der Waals surface area (Å²) >= 11 is 2.05. The van der Waals surface area contributed by atoms with E-state index in [0.29, 0.717) is 52.4 Å². The molecule has 0 saturated carbocycles. The van der Waals surface area contributed by atoms with E-state index in [0.717, 1.165) is 25.9 Å². The second kappa shape index (κ2) is 13.4. The number of morpholine rings is 1. The lowest BCUT2D eigenvalue weighted by Crippen LogP contribution is -2.53. The van der Waals surface area contributed by atoms with E-state index in [4.69, 9.17) is 19.3 Å². The third-order valence-corrected chi connectivity index (χ3v) is 6.62. The Balaban J connectivity index is 1.77. The number of rotatable bonds is 11. The summed E-state index contributed by atoms with van der Waals surface area (Å²) in [7, 11) is 1.48. The molecule has 0 bridgehead atoms. The van der Waals surface area contributed by atoms with Crippen molar-refractivity contribution < 1.29 is 34.0 Å². The molecule has 1 heterocycles. The number of nitrogens with one attached hydrogen (secondary N) is 2. The van der Waals surface area contributed by atoms with Crippen LogP contribution in [-0.2, 0) is 9.53 Å². The van der Waals surface area contributed by atoms with Crippen LogP contribution in [-0.4, -0.2) is 105 Å². The molecule has 4 N–H and O–H groups in total. The molecule has 1 saturated heterocycles. The fraction of sp³-hybridized carbons (Fsp3) is 0.565. The second-order valence-corrected chi connectivity index (χ2v) is 9.28. The molecule has 34 heavy (non-hydrogen) atoms. The summed E-state index contributed by atoms with van der Waals surface area (Å²) in [6, 6.07) is 2.82. The summed E-state index contributed by atoms with van der Waals surface area (Å²) in [6.45, 7) is 4.56. The van der Waals surface area contributed by atoms with Gasteiger partial charge in [0.25, 0.3) is 0 Å². The molecule has 1 aromatic carbocycles. The first-order valence-corrected chi connectivity index (χ1v) is 12.3. The maximum Gasteiger partial charge on any atom is 0.247 e.